The number of Topliss-reactive ketones (excluding diaryl/α,β-unsaturated/α-hetero) is 1. The molecule has 0 bridgehead atoms. The van der Waals surface area contributed by atoms with Crippen molar-refractivity contribution >= 4 is 5.78 Å². The van der Waals surface area contributed by atoms with Crippen molar-refractivity contribution in [1.82, 2.24) is 0 Å². The van der Waals surface area contributed by atoms with Gasteiger partial charge in [-0.25, -0.2) is 0 Å². The average molecular weight is 220 g/mol. The van der Waals surface area contributed by atoms with Crippen molar-refractivity contribution < 1.29 is 14.3 Å². The van der Waals surface area contributed by atoms with E-state index in [1.807, 2.05) is 24.3 Å². The summed E-state index contributed by atoms with van der Waals surface area (Å²) in [7, 11) is 0. The Balaban J connectivity index is 1.80. The SMILES string of the molecule is CC(=O)CCc1ccc(OC[C@H]2CO2)cc1. The molecule has 3 heteroatoms. The number of hydrogen-bond donors (Lipinski definition) is 0. The molecule has 1 aromatic carbocycles. The van der Waals surface area contributed by atoms with Crippen LogP contribution in [0.15, 0.2) is 24.3 Å². The van der Waals surface area contributed by atoms with E-state index in [1.165, 1.54) is 5.56 Å². The van der Waals surface area contributed by atoms with E-state index in [2.05, 4.69) is 0 Å². The van der Waals surface area contributed by atoms with E-state index in [-0.39, 0.29) is 11.9 Å². The van der Waals surface area contributed by atoms with E-state index in [4.69, 9.17) is 9.47 Å². The van der Waals surface area contributed by atoms with E-state index in [9.17, 15) is 4.79 Å². The van der Waals surface area contributed by atoms with Gasteiger partial charge in [-0.2, -0.15) is 0 Å². The summed E-state index contributed by atoms with van der Waals surface area (Å²) >= 11 is 0. The standard InChI is InChI=1S/C13H16O3/c1-10(14)2-3-11-4-6-12(7-5-11)15-8-13-9-16-13/h4-7,13H,2-3,8-9H2,1H3/t13-/m0/s1. The van der Waals surface area contributed by atoms with Gasteiger partial charge in [-0.3, -0.25) is 0 Å². The number of rotatable bonds is 6. The van der Waals surface area contributed by atoms with Gasteiger partial charge < -0.3 is 14.3 Å². The molecule has 1 aliphatic rings. The number of aryl methyl sites for hydroxylation is 1. The summed E-state index contributed by atoms with van der Waals surface area (Å²) in [5.41, 5.74) is 1.17. The van der Waals surface area contributed by atoms with Crippen LogP contribution in [0.4, 0.5) is 0 Å². The normalized spacial score (nSPS) is 18.2. The van der Waals surface area contributed by atoms with Crippen molar-refractivity contribution in [3.63, 3.8) is 0 Å². The maximum absolute atomic E-state index is 10.8. The Labute approximate surface area is 95.4 Å². The molecule has 1 heterocycles. The first kappa shape index (κ1) is 11.1. The molecule has 1 atom stereocenters. The van der Waals surface area contributed by atoms with Crippen LogP contribution in [0.5, 0.6) is 5.75 Å². The van der Waals surface area contributed by atoms with Gasteiger partial charge in [0.1, 0.15) is 24.2 Å². The number of carbonyl (C=O) groups excluding carboxylic acids is 1. The molecule has 2 rings (SSSR count). The van der Waals surface area contributed by atoms with E-state index in [1.54, 1.807) is 6.92 Å². The van der Waals surface area contributed by atoms with Gasteiger partial charge >= 0.3 is 0 Å². The lowest BCUT2D eigenvalue weighted by Crippen LogP contribution is -2.03. The van der Waals surface area contributed by atoms with Crippen LogP contribution in [0.25, 0.3) is 0 Å². The van der Waals surface area contributed by atoms with Crippen molar-refractivity contribution in [2.45, 2.75) is 25.9 Å². The molecule has 16 heavy (non-hydrogen) atoms. The number of epoxide rings is 1. The molecule has 0 unspecified atom stereocenters. The van der Waals surface area contributed by atoms with Gasteiger partial charge in [0.05, 0.1) is 6.61 Å². The highest BCUT2D eigenvalue weighted by Gasteiger charge is 2.22. The second kappa shape index (κ2) is 5.12. The van der Waals surface area contributed by atoms with Gasteiger partial charge in [0.25, 0.3) is 0 Å². The Bertz CT molecular complexity index is 352. The smallest absolute Gasteiger partial charge is 0.130 e. The molecular weight excluding hydrogens is 204 g/mol. The molecule has 0 aliphatic carbocycles. The summed E-state index contributed by atoms with van der Waals surface area (Å²) in [6.07, 6.45) is 1.70. The fourth-order valence-corrected chi connectivity index (χ4v) is 1.43. The molecule has 1 fully saturated rings. The van der Waals surface area contributed by atoms with Gasteiger partial charge in [0.15, 0.2) is 0 Å². The largest absolute Gasteiger partial charge is 0.491 e. The molecule has 1 aliphatic heterocycles. The van der Waals surface area contributed by atoms with Crippen LogP contribution in [0.2, 0.25) is 0 Å². The first-order valence-electron chi connectivity index (χ1n) is 5.57. The molecule has 0 N–H and O–H groups in total. The average Bonchev–Trinajstić information content (AvgIpc) is 3.09. The molecule has 0 saturated carbocycles. The number of carbonyl (C=O) groups is 1. The van der Waals surface area contributed by atoms with Crippen LogP contribution in [-0.2, 0) is 16.0 Å². The molecule has 1 saturated heterocycles. The highest BCUT2D eigenvalue weighted by atomic mass is 16.6. The van der Waals surface area contributed by atoms with Crippen LogP contribution < -0.4 is 4.74 Å². The van der Waals surface area contributed by atoms with Crippen molar-refractivity contribution in [2.24, 2.45) is 0 Å². The molecule has 0 aromatic heterocycles. The molecule has 0 radical (unpaired) electrons. The summed E-state index contributed by atoms with van der Waals surface area (Å²) in [6.45, 7) is 3.07. The van der Waals surface area contributed by atoms with E-state index >= 15 is 0 Å². The van der Waals surface area contributed by atoms with Gasteiger partial charge in [-0.05, 0) is 31.0 Å². The maximum atomic E-state index is 10.8. The molecular formula is C13H16O3. The molecule has 0 amide bonds. The molecule has 0 spiro atoms. The topological polar surface area (TPSA) is 38.8 Å². The van der Waals surface area contributed by atoms with Crippen LogP contribution in [0.1, 0.15) is 18.9 Å². The molecule has 1 aromatic rings. The Morgan fingerprint density at radius 1 is 1.44 bits per heavy atom. The fraction of sp³-hybridized carbons (Fsp3) is 0.462. The lowest BCUT2D eigenvalue weighted by molar-refractivity contribution is -0.116. The zero-order valence-corrected chi connectivity index (χ0v) is 9.44. The zero-order chi connectivity index (χ0) is 11.4. The minimum Gasteiger partial charge on any atom is -0.491 e. The van der Waals surface area contributed by atoms with E-state index < -0.39 is 0 Å². The van der Waals surface area contributed by atoms with Crippen molar-refractivity contribution in [2.75, 3.05) is 13.2 Å². The maximum Gasteiger partial charge on any atom is 0.130 e. The van der Waals surface area contributed by atoms with E-state index in [0.29, 0.717) is 13.0 Å². The first-order valence-corrected chi connectivity index (χ1v) is 5.57. The quantitative estimate of drug-likeness (QED) is 0.688. The third kappa shape index (κ3) is 3.66. The van der Waals surface area contributed by atoms with Crippen LogP contribution in [0.3, 0.4) is 0 Å². The highest BCUT2D eigenvalue weighted by Crippen LogP contribution is 2.16. The fourth-order valence-electron chi connectivity index (χ4n) is 1.43. The lowest BCUT2D eigenvalue weighted by Gasteiger charge is -2.05. The number of benzene rings is 1. The number of ether oxygens (including phenoxy) is 2. The summed E-state index contributed by atoms with van der Waals surface area (Å²) in [4.78, 5) is 10.8. The van der Waals surface area contributed by atoms with E-state index in [0.717, 1.165) is 18.8 Å². The van der Waals surface area contributed by atoms with Crippen LogP contribution in [0, 0.1) is 0 Å². The second-order valence-electron chi connectivity index (χ2n) is 4.11. The monoisotopic (exact) mass is 220 g/mol. The predicted octanol–water partition coefficient (Wildman–Crippen LogP) is 1.99. The minimum absolute atomic E-state index is 0.228. The second-order valence-corrected chi connectivity index (χ2v) is 4.11. The van der Waals surface area contributed by atoms with Crippen molar-refractivity contribution in [1.29, 1.82) is 0 Å². The van der Waals surface area contributed by atoms with Crippen molar-refractivity contribution in [3.8, 4) is 5.75 Å². The number of ketones is 1. The third-order valence-corrected chi connectivity index (χ3v) is 2.53. The Kier molecular flexibility index (Phi) is 3.57. The Morgan fingerprint density at radius 3 is 2.69 bits per heavy atom. The van der Waals surface area contributed by atoms with Crippen LogP contribution in [-0.4, -0.2) is 25.1 Å². The predicted molar refractivity (Wildman–Crippen MR) is 60.7 cm³/mol. The van der Waals surface area contributed by atoms with Gasteiger partial charge in [0, 0.05) is 6.42 Å². The first-order chi connectivity index (χ1) is 7.74. The minimum atomic E-state index is 0.228. The summed E-state index contributed by atoms with van der Waals surface area (Å²) in [5, 5.41) is 0. The Hall–Kier alpha value is -1.35. The van der Waals surface area contributed by atoms with Crippen LogP contribution >= 0.6 is 0 Å². The summed E-state index contributed by atoms with van der Waals surface area (Å²) in [5.74, 6) is 1.09. The van der Waals surface area contributed by atoms with Gasteiger partial charge in [-0.1, -0.05) is 12.1 Å². The number of hydrogen-bond acceptors (Lipinski definition) is 3. The molecule has 3 nitrogen and oxygen atoms in total. The lowest BCUT2D eigenvalue weighted by atomic mass is 10.1. The summed E-state index contributed by atoms with van der Waals surface area (Å²) in [6, 6.07) is 7.90. The third-order valence-electron chi connectivity index (χ3n) is 2.53. The molecule has 86 valence electrons. The van der Waals surface area contributed by atoms with Crippen molar-refractivity contribution in [3.05, 3.63) is 29.8 Å². The zero-order valence-electron chi connectivity index (χ0n) is 9.44. The van der Waals surface area contributed by atoms with Gasteiger partial charge in [0.2, 0.25) is 0 Å². The van der Waals surface area contributed by atoms with Gasteiger partial charge in [-0.15, -0.1) is 0 Å². The Morgan fingerprint density at radius 2 is 2.12 bits per heavy atom. The highest BCUT2D eigenvalue weighted by molar-refractivity contribution is 5.75. The summed E-state index contributed by atoms with van der Waals surface area (Å²) < 4.78 is 10.6.